The van der Waals surface area contributed by atoms with Crippen molar-refractivity contribution in [3.05, 3.63) is 40.1 Å². The summed E-state index contributed by atoms with van der Waals surface area (Å²) in [7, 11) is 0. The predicted molar refractivity (Wildman–Crippen MR) is 61.2 cm³/mol. The second kappa shape index (κ2) is 4.07. The largest absolute Gasteiger partial charge is 0.263 e. The average Bonchev–Trinajstić information content (AvgIpc) is 2.04. The van der Waals surface area contributed by atoms with Crippen molar-refractivity contribution in [2.75, 3.05) is 0 Å². The fourth-order valence-corrected chi connectivity index (χ4v) is 1.77. The first-order chi connectivity index (χ1) is 5.77. The van der Waals surface area contributed by atoms with Gasteiger partial charge < -0.3 is 0 Å². The van der Waals surface area contributed by atoms with E-state index in [4.69, 9.17) is 11.6 Å². The first-order valence-electron chi connectivity index (χ1n) is 3.46. The van der Waals surface area contributed by atoms with Crippen LogP contribution in [0.25, 0.3) is 10.8 Å². The SMILES string of the molecule is C.Clc1ccc2c(Br)cncc2c1. The molecule has 13 heavy (non-hydrogen) atoms. The van der Waals surface area contributed by atoms with Crippen LogP contribution in [0, 0.1) is 0 Å². The van der Waals surface area contributed by atoms with Gasteiger partial charge in [-0.05, 0) is 33.4 Å². The molecular formula is C10H9BrClN. The van der Waals surface area contributed by atoms with Crippen LogP contribution in [-0.2, 0) is 0 Å². The summed E-state index contributed by atoms with van der Waals surface area (Å²) in [6.07, 6.45) is 3.57. The van der Waals surface area contributed by atoms with Crippen molar-refractivity contribution in [1.82, 2.24) is 4.98 Å². The summed E-state index contributed by atoms with van der Waals surface area (Å²) >= 11 is 9.24. The number of rotatable bonds is 0. The maximum absolute atomic E-state index is 5.83. The standard InChI is InChI=1S/C9H5BrClN.CH4/c10-9-5-12-4-6-3-7(11)1-2-8(6)9;/h1-5H;1H4. The Bertz CT molecular complexity index is 428. The molecule has 0 atom stereocenters. The number of aromatic nitrogens is 1. The highest BCUT2D eigenvalue weighted by molar-refractivity contribution is 9.10. The van der Waals surface area contributed by atoms with Crippen LogP contribution in [0.5, 0.6) is 0 Å². The average molecular weight is 259 g/mol. The molecule has 1 nitrogen and oxygen atoms in total. The van der Waals surface area contributed by atoms with E-state index in [0.717, 1.165) is 20.3 Å². The lowest BCUT2D eigenvalue weighted by molar-refractivity contribution is 1.35. The molecule has 0 radical (unpaired) electrons. The van der Waals surface area contributed by atoms with Gasteiger partial charge in [0.05, 0.1) is 0 Å². The highest BCUT2D eigenvalue weighted by Crippen LogP contribution is 2.24. The van der Waals surface area contributed by atoms with Crippen molar-refractivity contribution in [2.45, 2.75) is 7.43 Å². The van der Waals surface area contributed by atoms with E-state index in [-0.39, 0.29) is 7.43 Å². The molecule has 3 heteroatoms. The van der Waals surface area contributed by atoms with E-state index in [1.165, 1.54) is 0 Å². The quantitative estimate of drug-likeness (QED) is 0.687. The second-order valence-electron chi connectivity index (χ2n) is 2.49. The first-order valence-corrected chi connectivity index (χ1v) is 4.63. The van der Waals surface area contributed by atoms with Gasteiger partial charge in [-0.2, -0.15) is 0 Å². The molecule has 2 rings (SSSR count). The Hall–Kier alpha value is -0.600. The van der Waals surface area contributed by atoms with Crippen LogP contribution < -0.4 is 0 Å². The maximum Gasteiger partial charge on any atom is 0.0437 e. The molecule has 0 saturated heterocycles. The van der Waals surface area contributed by atoms with Crippen molar-refractivity contribution < 1.29 is 0 Å². The lowest BCUT2D eigenvalue weighted by Gasteiger charge is -1.98. The summed E-state index contributed by atoms with van der Waals surface area (Å²) in [5.41, 5.74) is 0. The van der Waals surface area contributed by atoms with Gasteiger partial charge >= 0.3 is 0 Å². The minimum Gasteiger partial charge on any atom is -0.263 e. The number of nitrogens with zero attached hydrogens (tertiary/aromatic N) is 1. The van der Waals surface area contributed by atoms with Crippen molar-refractivity contribution in [3.63, 3.8) is 0 Å². The number of hydrogen-bond acceptors (Lipinski definition) is 1. The molecule has 2 aromatic rings. The van der Waals surface area contributed by atoms with Crippen LogP contribution in [0.3, 0.4) is 0 Å². The monoisotopic (exact) mass is 257 g/mol. The molecule has 1 aromatic carbocycles. The number of benzene rings is 1. The van der Waals surface area contributed by atoms with E-state index >= 15 is 0 Å². The number of hydrogen-bond donors (Lipinski definition) is 0. The lowest BCUT2D eigenvalue weighted by atomic mass is 10.2. The Balaban J connectivity index is 0.000000845. The van der Waals surface area contributed by atoms with Crippen molar-refractivity contribution >= 4 is 38.3 Å². The smallest absolute Gasteiger partial charge is 0.0437 e. The van der Waals surface area contributed by atoms with Crippen molar-refractivity contribution in [1.29, 1.82) is 0 Å². The molecular weight excluding hydrogens is 249 g/mol. The molecule has 0 amide bonds. The summed E-state index contributed by atoms with van der Waals surface area (Å²) < 4.78 is 0.997. The minimum atomic E-state index is 0. The molecule has 1 heterocycles. The summed E-state index contributed by atoms with van der Waals surface area (Å²) in [5, 5.41) is 2.92. The molecule has 0 N–H and O–H groups in total. The van der Waals surface area contributed by atoms with Crippen molar-refractivity contribution in [2.24, 2.45) is 0 Å². The number of fused-ring (bicyclic) bond motifs is 1. The number of pyridine rings is 1. The minimum absolute atomic E-state index is 0. The Kier molecular flexibility index (Phi) is 3.28. The fourth-order valence-electron chi connectivity index (χ4n) is 1.11. The van der Waals surface area contributed by atoms with Crippen LogP contribution >= 0.6 is 27.5 Å². The second-order valence-corrected chi connectivity index (χ2v) is 3.78. The summed E-state index contributed by atoms with van der Waals surface area (Å²) in [4.78, 5) is 4.05. The Morgan fingerprint density at radius 3 is 2.77 bits per heavy atom. The third-order valence-corrected chi connectivity index (χ3v) is 2.54. The van der Waals surface area contributed by atoms with Gasteiger partial charge in [0.25, 0.3) is 0 Å². The summed E-state index contributed by atoms with van der Waals surface area (Å²) in [6.45, 7) is 0. The molecule has 1 aromatic heterocycles. The van der Waals surface area contributed by atoms with Gasteiger partial charge in [-0.1, -0.05) is 25.1 Å². The molecule has 0 aliphatic heterocycles. The highest BCUT2D eigenvalue weighted by atomic mass is 79.9. The summed E-state index contributed by atoms with van der Waals surface area (Å²) in [5.74, 6) is 0. The third-order valence-electron chi connectivity index (χ3n) is 1.67. The van der Waals surface area contributed by atoms with E-state index in [0.29, 0.717) is 0 Å². The highest BCUT2D eigenvalue weighted by Gasteiger charge is 1.97. The van der Waals surface area contributed by atoms with Crippen LogP contribution in [0.15, 0.2) is 35.1 Å². The van der Waals surface area contributed by atoms with Crippen LogP contribution in [0.4, 0.5) is 0 Å². The fraction of sp³-hybridized carbons (Fsp3) is 0.100. The molecule has 0 spiro atoms. The molecule has 68 valence electrons. The van der Waals surface area contributed by atoms with Gasteiger partial charge in [0.15, 0.2) is 0 Å². The van der Waals surface area contributed by atoms with Crippen molar-refractivity contribution in [3.8, 4) is 0 Å². The molecule has 0 aliphatic carbocycles. The topological polar surface area (TPSA) is 12.9 Å². The molecule has 0 fully saturated rings. The molecule has 0 aliphatic rings. The van der Waals surface area contributed by atoms with Gasteiger partial charge in [0, 0.05) is 27.3 Å². The van der Waals surface area contributed by atoms with Crippen LogP contribution in [0.2, 0.25) is 5.02 Å². The van der Waals surface area contributed by atoms with E-state index in [2.05, 4.69) is 20.9 Å². The zero-order valence-electron chi connectivity index (χ0n) is 6.09. The Morgan fingerprint density at radius 1 is 1.23 bits per heavy atom. The number of halogens is 2. The third kappa shape index (κ3) is 2.01. The van der Waals surface area contributed by atoms with Gasteiger partial charge in [-0.25, -0.2) is 0 Å². The normalized spacial score (nSPS) is 9.69. The Morgan fingerprint density at radius 2 is 2.00 bits per heavy atom. The van der Waals surface area contributed by atoms with E-state index in [1.807, 2.05) is 18.2 Å². The van der Waals surface area contributed by atoms with E-state index in [9.17, 15) is 0 Å². The Labute approximate surface area is 90.9 Å². The molecule has 0 unspecified atom stereocenters. The zero-order chi connectivity index (χ0) is 8.55. The first kappa shape index (κ1) is 10.5. The van der Waals surface area contributed by atoms with E-state index < -0.39 is 0 Å². The molecule has 0 saturated carbocycles. The van der Waals surface area contributed by atoms with Gasteiger partial charge in [-0.3, -0.25) is 4.98 Å². The van der Waals surface area contributed by atoms with Gasteiger partial charge in [0.2, 0.25) is 0 Å². The van der Waals surface area contributed by atoms with Gasteiger partial charge in [0.1, 0.15) is 0 Å². The van der Waals surface area contributed by atoms with Crippen LogP contribution in [-0.4, -0.2) is 4.98 Å². The van der Waals surface area contributed by atoms with Crippen LogP contribution in [0.1, 0.15) is 7.43 Å². The van der Waals surface area contributed by atoms with E-state index in [1.54, 1.807) is 12.4 Å². The molecule has 0 bridgehead atoms. The van der Waals surface area contributed by atoms with Gasteiger partial charge in [-0.15, -0.1) is 0 Å². The lowest BCUT2D eigenvalue weighted by Crippen LogP contribution is -1.77. The maximum atomic E-state index is 5.83. The summed E-state index contributed by atoms with van der Waals surface area (Å²) in [6, 6.07) is 5.74. The zero-order valence-corrected chi connectivity index (χ0v) is 8.43. The predicted octanol–water partition coefficient (Wildman–Crippen LogP) is 4.29.